The first-order valence-corrected chi connectivity index (χ1v) is 10.5. The molecule has 27 heavy (non-hydrogen) atoms. The van der Waals surface area contributed by atoms with Crippen LogP contribution in [0.2, 0.25) is 5.02 Å². The van der Waals surface area contributed by atoms with Crippen molar-refractivity contribution in [1.82, 2.24) is 0 Å². The average molecular weight is 406 g/mol. The summed E-state index contributed by atoms with van der Waals surface area (Å²) in [7, 11) is 1.59. The monoisotopic (exact) mass is 405 g/mol. The van der Waals surface area contributed by atoms with E-state index < -0.39 is 0 Å². The molecular weight excluding hydrogens is 382 g/mol. The van der Waals surface area contributed by atoms with Gasteiger partial charge in [0.15, 0.2) is 0 Å². The summed E-state index contributed by atoms with van der Waals surface area (Å²) in [5.74, 6) is 1.51. The number of carbonyl (C=O) groups is 1. The van der Waals surface area contributed by atoms with Crippen molar-refractivity contribution in [3.8, 4) is 5.75 Å². The van der Waals surface area contributed by atoms with Crippen molar-refractivity contribution in [3.63, 3.8) is 0 Å². The van der Waals surface area contributed by atoms with Crippen LogP contribution >= 0.6 is 23.4 Å². The van der Waals surface area contributed by atoms with Gasteiger partial charge < -0.3 is 14.8 Å². The number of amides is 1. The number of carbonyl (C=O) groups excluding carboxylic acids is 1. The Bertz CT molecular complexity index is 778. The van der Waals surface area contributed by atoms with Gasteiger partial charge in [0, 0.05) is 40.5 Å². The minimum Gasteiger partial charge on any atom is -0.496 e. The highest BCUT2D eigenvalue weighted by molar-refractivity contribution is 7.99. The summed E-state index contributed by atoms with van der Waals surface area (Å²) in [5, 5.41) is 4.22. The predicted molar refractivity (Wildman–Crippen MR) is 112 cm³/mol. The first-order valence-electron chi connectivity index (χ1n) is 9.04. The second-order valence-corrected chi connectivity index (χ2v) is 8.23. The highest BCUT2D eigenvalue weighted by Gasteiger charge is 2.14. The molecule has 0 aromatic heterocycles. The molecule has 1 fully saturated rings. The van der Waals surface area contributed by atoms with E-state index in [0.29, 0.717) is 16.0 Å². The molecule has 0 bridgehead atoms. The van der Waals surface area contributed by atoms with Crippen LogP contribution in [0.25, 0.3) is 0 Å². The van der Waals surface area contributed by atoms with Crippen molar-refractivity contribution in [2.45, 2.75) is 30.3 Å². The number of ether oxygens (including phenoxy) is 2. The Balaban J connectivity index is 1.57. The second kappa shape index (κ2) is 10.0. The zero-order valence-corrected chi connectivity index (χ0v) is 16.9. The van der Waals surface area contributed by atoms with Crippen LogP contribution in [0.1, 0.15) is 24.0 Å². The molecule has 0 aliphatic carbocycles. The molecule has 0 spiro atoms. The summed E-state index contributed by atoms with van der Waals surface area (Å²) >= 11 is 8.00. The summed E-state index contributed by atoms with van der Waals surface area (Å²) in [6, 6.07) is 13.3. The lowest BCUT2D eigenvalue weighted by Crippen LogP contribution is -2.17. The van der Waals surface area contributed by atoms with Crippen LogP contribution < -0.4 is 10.1 Å². The van der Waals surface area contributed by atoms with E-state index in [-0.39, 0.29) is 12.3 Å². The molecule has 3 rings (SSSR count). The third-order valence-corrected chi connectivity index (χ3v) is 6.14. The normalized spacial score (nSPS) is 14.7. The van der Waals surface area contributed by atoms with Gasteiger partial charge in [-0.15, -0.1) is 0 Å². The smallest absolute Gasteiger partial charge is 0.228 e. The Hall–Kier alpha value is -1.69. The highest BCUT2D eigenvalue weighted by atomic mass is 35.5. The van der Waals surface area contributed by atoms with Crippen molar-refractivity contribution in [2.75, 3.05) is 25.6 Å². The quantitative estimate of drug-likeness (QED) is 0.708. The number of nitrogens with one attached hydrogen (secondary N) is 1. The van der Waals surface area contributed by atoms with Gasteiger partial charge in [0.1, 0.15) is 5.75 Å². The molecule has 6 heteroatoms. The lowest BCUT2D eigenvalue weighted by Gasteiger charge is -2.21. The fourth-order valence-electron chi connectivity index (χ4n) is 3.06. The van der Waals surface area contributed by atoms with E-state index in [4.69, 9.17) is 21.1 Å². The molecule has 1 aliphatic heterocycles. The molecule has 1 heterocycles. The largest absolute Gasteiger partial charge is 0.496 e. The lowest BCUT2D eigenvalue weighted by molar-refractivity contribution is -0.115. The molecule has 1 aliphatic rings. The van der Waals surface area contributed by atoms with Gasteiger partial charge >= 0.3 is 0 Å². The third-order valence-electron chi connectivity index (χ3n) is 4.46. The summed E-state index contributed by atoms with van der Waals surface area (Å²) < 4.78 is 10.7. The van der Waals surface area contributed by atoms with Gasteiger partial charge in [0.05, 0.1) is 13.5 Å². The van der Waals surface area contributed by atoms with Crippen LogP contribution in [-0.4, -0.2) is 31.5 Å². The molecule has 4 nitrogen and oxygen atoms in total. The SMILES string of the molecule is COc1ccc(Cl)cc1CC(=O)Nc1cccc(CSC2CCOCC2)c1. The molecule has 1 amide bonds. The van der Waals surface area contributed by atoms with Crippen molar-refractivity contribution in [2.24, 2.45) is 0 Å². The Morgan fingerprint density at radius 1 is 1.26 bits per heavy atom. The van der Waals surface area contributed by atoms with Gasteiger partial charge in [-0.3, -0.25) is 4.79 Å². The molecule has 0 unspecified atom stereocenters. The van der Waals surface area contributed by atoms with Crippen molar-refractivity contribution < 1.29 is 14.3 Å². The fraction of sp³-hybridized carbons (Fsp3) is 0.381. The molecule has 1 N–H and O–H groups in total. The topological polar surface area (TPSA) is 47.6 Å². The highest BCUT2D eigenvalue weighted by Crippen LogP contribution is 2.27. The van der Waals surface area contributed by atoms with Gasteiger partial charge in [-0.2, -0.15) is 11.8 Å². The maximum atomic E-state index is 12.4. The number of rotatable bonds is 7. The van der Waals surface area contributed by atoms with Gasteiger partial charge in [-0.1, -0.05) is 23.7 Å². The minimum atomic E-state index is -0.0928. The first-order chi connectivity index (χ1) is 13.1. The van der Waals surface area contributed by atoms with Gasteiger partial charge in [0.25, 0.3) is 0 Å². The van der Waals surface area contributed by atoms with Crippen molar-refractivity contribution in [3.05, 3.63) is 58.6 Å². The van der Waals surface area contributed by atoms with Crippen LogP contribution in [0.15, 0.2) is 42.5 Å². The number of anilines is 1. The summed E-state index contributed by atoms with van der Waals surface area (Å²) in [6.45, 7) is 1.72. The van der Waals surface area contributed by atoms with Gasteiger partial charge in [-0.05, 0) is 48.7 Å². The molecule has 2 aromatic rings. The van der Waals surface area contributed by atoms with E-state index in [1.807, 2.05) is 30.0 Å². The number of thioether (sulfide) groups is 1. The van der Waals surface area contributed by atoms with E-state index in [1.165, 1.54) is 5.56 Å². The zero-order chi connectivity index (χ0) is 19.1. The van der Waals surface area contributed by atoms with E-state index in [2.05, 4.69) is 11.4 Å². The summed E-state index contributed by atoms with van der Waals surface area (Å²) in [5.41, 5.74) is 2.80. The molecule has 2 aromatic carbocycles. The Kier molecular flexibility index (Phi) is 7.44. The van der Waals surface area contributed by atoms with E-state index in [1.54, 1.807) is 25.3 Å². The van der Waals surface area contributed by atoms with E-state index in [9.17, 15) is 4.79 Å². The molecule has 0 radical (unpaired) electrons. The molecule has 0 atom stereocenters. The van der Waals surface area contributed by atoms with Crippen LogP contribution in [0.4, 0.5) is 5.69 Å². The zero-order valence-electron chi connectivity index (χ0n) is 15.4. The number of hydrogen-bond donors (Lipinski definition) is 1. The number of halogens is 1. The maximum Gasteiger partial charge on any atom is 0.228 e. The molecule has 1 saturated heterocycles. The Labute approximate surface area is 169 Å². The second-order valence-electron chi connectivity index (χ2n) is 6.50. The van der Waals surface area contributed by atoms with Crippen molar-refractivity contribution >= 4 is 35.0 Å². The van der Waals surface area contributed by atoms with E-state index in [0.717, 1.165) is 43.1 Å². The fourth-order valence-corrected chi connectivity index (χ4v) is 4.39. The third kappa shape index (κ3) is 6.16. The Morgan fingerprint density at radius 2 is 2.07 bits per heavy atom. The van der Waals surface area contributed by atoms with Crippen molar-refractivity contribution in [1.29, 1.82) is 0 Å². The van der Waals surface area contributed by atoms with Crippen LogP contribution in [0, 0.1) is 0 Å². The van der Waals surface area contributed by atoms with Crippen LogP contribution in [0.5, 0.6) is 5.75 Å². The number of hydrogen-bond acceptors (Lipinski definition) is 4. The van der Waals surface area contributed by atoms with Crippen LogP contribution in [0.3, 0.4) is 0 Å². The molecule has 0 saturated carbocycles. The molecular formula is C21H24ClNO3S. The lowest BCUT2D eigenvalue weighted by atomic mass is 10.1. The summed E-state index contributed by atoms with van der Waals surface area (Å²) in [4.78, 5) is 12.4. The first kappa shape index (κ1) is 20.1. The summed E-state index contributed by atoms with van der Waals surface area (Å²) in [6.07, 6.45) is 2.44. The van der Waals surface area contributed by atoms with Crippen LogP contribution in [-0.2, 0) is 21.7 Å². The Morgan fingerprint density at radius 3 is 2.85 bits per heavy atom. The van der Waals surface area contributed by atoms with Gasteiger partial charge in [0.2, 0.25) is 5.91 Å². The standard InChI is InChI=1S/C21H24ClNO3S/c1-25-20-6-5-17(22)12-16(20)13-21(24)23-18-4-2-3-15(11-18)14-27-19-7-9-26-10-8-19/h2-6,11-12,19H,7-10,13-14H2,1H3,(H,23,24). The molecule has 144 valence electrons. The average Bonchev–Trinajstić information content (AvgIpc) is 2.67. The number of methoxy groups -OCH3 is 1. The van der Waals surface area contributed by atoms with Gasteiger partial charge in [-0.25, -0.2) is 0 Å². The van der Waals surface area contributed by atoms with E-state index >= 15 is 0 Å². The predicted octanol–water partition coefficient (Wildman–Crippen LogP) is 4.94. The maximum absolute atomic E-state index is 12.4. The number of benzene rings is 2. The minimum absolute atomic E-state index is 0.0928.